The van der Waals surface area contributed by atoms with Crippen LogP contribution in [0.2, 0.25) is 0 Å². The lowest BCUT2D eigenvalue weighted by Gasteiger charge is -2.21. The molecule has 2 aromatic rings. The Hall–Kier alpha value is -2.21. The van der Waals surface area contributed by atoms with Crippen molar-refractivity contribution >= 4 is 5.91 Å². The Labute approximate surface area is 129 Å². The van der Waals surface area contributed by atoms with E-state index in [9.17, 15) is 4.79 Å². The highest BCUT2D eigenvalue weighted by Crippen LogP contribution is 2.33. The Balaban J connectivity index is 1.68. The van der Waals surface area contributed by atoms with Crippen LogP contribution in [0.4, 0.5) is 0 Å². The van der Waals surface area contributed by atoms with Crippen LogP contribution in [0.1, 0.15) is 41.8 Å². The fourth-order valence-corrected chi connectivity index (χ4v) is 2.66. The molecule has 3 rings (SSSR count). The van der Waals surface area contributed by atoms with Crippen molar-refractivity contribution in [2.45, 2.75) is 31.9 Å². The van der Waals surface area contributed by atoms with Crippen LogP contribution in [0.3, 0.4) is 0 Å². The van der Waals surface area contributed by atoms with E-state index in [2.05, 4.69) is 15.3 Å². The molecule has 0 saturated carbocycles. The van der Waals surface area contributed by atoms with Crippen molar-refractivity contribution in [1.82, 2.24) is 19.9 Å². The third-order valence-electron chi connectivity index (χ3n) is 4.01. The summed E-state index contributed by atoms with van der Waals surface area (Å²) in [5.74, 6) is 0.576. The van der Waals surface area contributed by atoms with Gasteiger partial charge in [0.05, 0.1) is 12.2 Å². The third-order valence-corrected chi connectivity index (χ3v) is 4.01. The molecule has 0 unspecified atom stereocenters. The average Bonchev–Trinajstić information content (AvgIpc) is 3.15. The quantitative estimate of drug-likeness (QED) is 0.934. The summed E-state index contributed by atoms with van der Waals surface area (Å²) in [7, 11) is 1.84. The van der Waals surface area contributed by atoms with Gasteiger partial charge >= 0.3 is 0 Å². The normalized spacial score (nSPS) is 21.0. The maximum Gasteiger partial charge on any atom is 0.268 e. The van der Waals surface area contributed by atoms with Crippen LogP contribution in [0.5, 0.6) is 0 Å². The van der Waals surface area contributed by atoms with Gasteiger partial charge in [-0.1, -0.05) is 0 Å². The molecule has 0 bridgehead atoms. The van der Waals surface area contributed by atoms with Crippen molar-refractivity contribution in [3.05, 3.63) is 47.8 Å². The zero-order chi connectivity index (χ0) is 15.6. The number of rotatable bonds is 4. The Morgan fingerprint density at radius 1 is 1.50 bits per heavy atom. The maximum absolute atomic E-state index is 12.1. The summed E-state index contributed by atoms with van der Waals surface area (Å²) in [6.07, 6.45) is 5.51. The summed E-state index contributed by atoms with van der Waals surface area (Å²) in [5.41, 5.74) is 1.00. The van der Waals surface area contributed by atoms with Crippen LogP contribution in [-0.4, -0.2) is 27.0 Å². The molecule has 1 amide bonds. The fourth-order valence-electron chi connectivity index (χ4n) is 2.66. The van der Waals surface area contributed by atoms with Crippen molar-refractivity contribution in [3.8, 4) is 0 Å². The molecule has 6 heteroatoms. The second kappa shape index (κ2) is 5.88. The van der Waals surface area contributed by atoms with E-state index in [1.54, 1.807) is 16.8 Å². The van der Waals surface area contributed by atoms with Crippen LogP contribution in [0.25, 0.3) is 0 Å². The number of hydrogen-bond acceptors (Lipinski definition) is 4. The molecule has 1 saturated heterocycles. The molecule has 6 nitrogen and oxygen atoms in total. The number of carbonyl (C=O) groups is 1. The molecule has 3 heterocycles. The monoisotopic (exact) mass is 300 g/mol. The highest BCUT2D eigenvalue weighted by atomic mass is 16.5. The minimum atomic E-state index is -0.405. The van der Waals surface area contributed by atoms with E-state index in [0.717, 1.165) is 25.1 Å². The minimum Gasteiger partial charge on any atom is -0.367 e. The lowest BCUT2D eigenvalue weighted by molar-refractivity contribution is 0.00913. The minimum absolute atomic E-state index is 0.115. The van der Waals surface area contributed by atoms with Crippen LogP contribution < -0.4 is 5.32 Å². The summed E-state index contributed by atoms with van der Waals surface area (Å²) >= 11 is 0. The van der Waals surface area contributed by atoms with Crippen molar-refractivity contribution in [1.29, 1.82) is 0 Å². The highest BCUT2D eigenvalue weighted by Gasteiger charge is 2.34. The van der Waals surface area contributed by atoms with E-state index in [0.29, 0.717) is 18.1 Å². The van der Waals surface area contributed by atoms with E-state index < -0.39 is 5.60 Å². The van der Waals surface area contributed by atoms with E-state index in [1.807, 2.05) is 32.3 Å². The van der Waals surface area contributed by atoms with Gasteiger partial charge in [-0.3, -0.25) is 4.79 Å². The first-order valence-corrected chi connectivity index (χ1v) is 7.44. The van der Waals surface area contributed by atoms with E-state index in [1.165, 1.54) is 0 Å². The van der Waals surface area contributed by atoms with Crippen molar-refractivity contribution in [2.24, 2.45) is 7.05 Å². The van der Waals surface area contributed by atoms with Gasteiger partial charge in [0, 0.05) is 26.0 Å². The van der Waals surface area contributed by atoms with Gasteiger partial charge in [-0.25, -0.2) is 9.97 Å². The molecule has 0 radical (unpaired) electrons. The number of aryl methyl sites for hydroxylation is 1. The Bertz CT molecular complexity index is 674. The van der Waals surface area contributed by atoms with Crippen LogP contribution in [0, 0.1) is 0 Å². The van der Waals surface area contributed by atoms with Crippen molar-refractivity contribution < 1.29 is 9.53 Å². The van der Waals surface area contributed by atoms with Gasteiger partial charge < -0.3 is 14.6 Å². The molecular formula is C16H20N4O2. The van der Waals surface area contributed by atoms with Gasteiger partial charge in [0.15, 0.2) is 5.82 Å². The third kappa shape index (κ3) is 2.87. The van der Waals surface area contributed by atoms with Gasteiger partial charge in [-0.15, -0.1) is 0 Å². The standard InChI is InChI=1S/C16H20N4O2/c1-16(7-4-10-22-16)15-17-8-6-12(19-15)11-18-14(21)13-5-3-9-20(13)2/h3,5-6,8-9H,4,7,10-11H2,1-2H3,(H,18,21)/t16-/m0/s1. The number of nitrogens with one attached hydrogen (secondary N) is 1. The summed E-state index contributed by atoms with van der Waals surface area (Å²) in [6, 6.07) is 5.44. The van der Waals surface area contributed by atoms with Crippen LogP contribution in [0.15, 0.2) is 30.6 Å². The first kappa shape index (κ1) is 14.7. The SMILES string of the molecule is Cn1cccc1C(=O)NCc1ccnc([C@]2(C)CCCO2)n1. The second-order valence-electron chi connectivity index (χ2n) is 5.74. The van der Waals surface area contributed by atoms with Crippen molar-refractivity contribution in [2.75, 3.05) is 6.61 Å². The van der Waals surface area contributed by atoms with Crippen molar-refractivity contribution in [3.63, 3.8) is 0 Å². The summed E-state index contributed by atoms with van der Waals surface area (Å²) in [4.78, 5) is 21.0. The predicted molar refractivity (Wildman–Crippen MR) is 81.2 cm³/mol. The van der Waals surface area contributed by atoms with E-state index in [-0.39, 0.29) is 5.91 Å². The molecule has 0 aliphatic carbocycles. The molecular weight excluding hydrogens is 280 g/mol. The van der Waals surface area contributed by atoms with Gasteiger partial charge in [0.25, 0.3) is 5.91 Å². The van der Waals surface area contributed by atoms with Gasteiger partial charge in [0.1, 0.15) is 11.3 Å². The number of amides is 1. The average molecular weight is 300 g/mol. The van der Waals surface area contributed by atoms with Gasteiger partial charge in [-0.2, -0.15) is 0 Å². The van der Waals surface area contributed by atoms with Gasteiger partial charge in [-0.05, 0) is 38.0 Å². The lowest BCUT2D eigenvalue weighted by Crippen LogP contribution is -2.27. The van der Waals surface area contributed by atoms with Crippen LogP contribution in [-0.2, 0) is 23.9 Å². The first-order valence-electron chi connectivity index (χ1n) is 7.44. The topological polar surface area (TPSA) is 69.0 Å². The summed E-state index contributed by atoms with van der Waals surface area (Å²) < 4.78 is 7.55. The molecule has 2 aromatic heterocycles. The molecule has 1 N–H and O–H groups in total. The van der Waals surface area contributed by atoms with Crippen LogP contribution >= 0.6 is 0 Å². The molecule has 0 aromatic carbocycles. The van der Waals surface area contributed by atoms with E-state index in [4.69, 9.17) is 4.74 Å². The zero-order valence-corrected chi connectivity index (χ0v) is 12.9. The lowest BCUT2D eigenvalue weighted by atomic mass is 10.0. The second-order valence-corrected chi connectivity index (χ2v) is 5.74. The first-order chi connectivity index (χ1) is 10.6. The van der Waals surface area contributed by atoms with E-state index >= 15 is 0 Å². The molecule has 1 aliphatic heterocycles. The Morgan fingerprint density at radius 3 is 3.05 bits per heavy atom. The number of carbonyl (C=O) groups excluding carboxylic acids is 1. The number of nitrogens with zero attached hydrogens (tertiary/aromatic N) is 3. The molecule has 1 atom stereocenters. The smallest absolute Gasteiger partial charge is 0.268 e. The number of hydrogen-bond donors (Lipinski definition) is 1. The van der Waals surface area contributed by atoms with Gasteiger partial charge in [0.2, 0.25) is 0 Å². The zero-order valence-electron chi connectivity index (χ0n) is 12.9. The highest BCUT2D eigenvalue weighted by molar-refractivity contribution is 5.92. The molecule has 1 aliphatic rings. The predicted octanol–water partition coefficient (Wildman–Crippen LogP) is 1.77. The molecule has 1 fully saturated rings. The number of ether oxygens (including phenoxy) is 1. The largest absolute Gasteiger partial charge is 0.367 e. The number of aromatic nitrogens is 3. The molecule has 0 spiro atoms. The summed E-state index contributed by atoms with van der Waals surface area (Å²) in [5, 5.41) is 2.88. The Kier molecular flexibility index (Phi) is 3.94. The molecule has 116 valence electrons. The Morgan fingerprint density at radius 2 is 2.36 bits per heavy atom. The maximum atomic E-state index is 12.1. The summed E-state index contributed by atoms with van der Waals surface area (Å²) in [6.45, 7) is 3.13. The molecule has 22 heavy (non-hydrogen) atoms. The fraction of sp³-hybridized carbons (Fsp3) is 0.438.